The molecule has 5 nitrogen and oxygen atoms in total. The average Bonchev–Trinajstić information content (AvgIpc) is 3.33. The third kappa shape index (κ3) is 4.12. The molecule has 0 saturated heterocycles. The van der Waals surface area contributed by atoms with Gasteiger partial charge in [0.1, 0.15) is 4.70 Å². The van der Waals surface area contributed by atoms with Gasteiger partial charge in [-0.2, -0.15) is 0 Å². The molecular weight excluding hydrogens is 446 g/mol. The number of benzene rings is 1. The van der Waals surface area contributed by atoms with Crippen LogP contribution in [0.25, 0.3) is 15.9 Å². The van der Waals surface area contributed by atoms with Gasteiger partial charge in [-0.25, -0.2) is 4.98 Å². The molecule has 27 heavy (non-hydrogen) atoms. The molecule has 4 rings (SSSR count). The maximum Gasteiger partial charge on any atom is 0.276 e. The molecule has 1 saturated carbocycles. The fourth-order valence-electron chi connectivity index (χ4n) is 3.28. The van der Waals surface area contributed by atoms with Gasteiger partial charge in [-0.05, 0) is 48.6 Å². The van der Waals surface area contributed by atoms with Crippen LogP contribution in [-0.2, 0) is 4.79 Å². The minimum absolute atomic E-state index is 0.00563. The largest absolute Gasteiger partial charge is 0.353 e. The highest BCUT2D eigenvalue weighted by Gasteiger charge is 2.19. The summed E-state index contributed by atoms with van der Waals surface area (Å²) < 4.78 is 3.16. The summed E-state index contributed by atoms with van der Waals surface area (Å²) in [5, 5.41) is 5.49. The number of carbonyl (C=O) groups is 1. The number of amides is 1. The van der Waals surface area contributed by atoms with Crippen LogP contribution in [0.1, 0.15) is 25.7 Å². The molecule has 1 amide bonds. The highest BCUT2D eigenvalue weighted by molar-refractivity contribution is 9.10. The minimum Gasteiger partial charge on any atom is -0.353 e. The first-order chi connectivity index (χ1) is 13.1. The van der Waals surface area contributed by atoms with E-state index in [1.54, 1.807) is 4.57 Å². The summed E-state index contributed by atoms with van der Waals surface area (Å²) in [6.07, 6.45) is 4.47. The molecule has 1 aliphatic carbocycles. The van der Waals surface area contributed by atoms with E-state index in [0.717, 1.165) is 23.0 Å². The fourth-order valence-corrected chi connectivity index (χ4v) is 5.12. The SMILES string of the molecule is O=C(CSc1nc2ccsc2c(=O)n1-c1ccc(Br)cc1)NC1CCCC1. The Morgan fingerprint density at radius 3 is 2.74 bits per heavy atom. The van der Waals surface area contributed by atoms with Crippen LogP contribution in [0.2, 0.25) is 0 Å². The number of carbonyl (C=O) groups excluding carboxylic acids is 1. The van der Waals surface area contributed by atoms with E-state index in [1.165, 1.54) is 35.9 Å². The number of thioether (sulfide) groups is 1. The van der Waals surface area contributed by atoms with Crippen molar-refractivity contribution in [3.8, 4) is 5.69 Å². The molecule has 1 fully saturated rings. The molecule has 0 spiro atoms. The lowest BCUT2D eigenvalue weighted by Gasteiger charge is -2.14. The molecule has 0 aliphatic heterocycles. The number of nitrogens with zero attached hydrogens (tertiary/aromatic N) is 2. The van der Waals surface area contributed by atoms with E-state index in [4.69, 9.17) is 0 Å². The Bertz CT molecular complexity index is 1020. The van der Waals surface area contributed by atoms with Crippen molar-refractivity contribution in [3.05, 3.63) is 50.5 Å². The van der Waals surface area contributed by atoms with Gasteiger partial charge in [0, 0.05) is 10.5 Å². The van der Waals surface area contributed by atoms with Gasteiger partial charge in [-0.3, -0.25) is 14.2 Å². The predicted octanol–water partition coefficient (Wildman–Crippen LogP) is 4.36. The molecule has 3 aromatic rings. The second-order valence-corrected chi connectivity index (χ2v) is 9.26. The fraction of sp³-hybridized carbons (Fsp3) is 0.316. The van der Waals surface area contributed by atoms with Gasteiger partial charge in [-0.15, -0.1) is 11.3 Å². The molecule has 1 N–H and O–H groups in total. The first-order valence-corrected chi connectivity index (χ1v) is 11.5. The number of nitrogens with one attached hydrogen (secondary N) is 1. The number of halogens is 1. The Hall–Kier alpha value is -1.64. The summed E-state index contributed by atoms with van der Waals surface area (Å²) in [5.74, 6) is 0.240. The monoisotopic (exact) mass is 463 g/mol. The molecule has 0 unspecified atom stereocenters. The third-order valence-electron chi connectivity index (χ3n) is 4.59. The van der Waals surface area contributed by atoms with Crippen LogP contribution in [0.3, 0.4) is 0 Å². The molecule has 8 heteroatoms. The molecule has 0 bridgehead atoms. The van der Waals surface area contributed by atoms with Crippen LogP contribution in [0.15, 0.2) is 50.1 Å². The third-order valence-corrected chi connectivity index (χ3v) is 6.95. The van der Waals surface area contributed by atoms with Crippen molar-refractivity contribution in [2.24, 2.45) is 0 Å². The summed E-state index contributed by atoms with van der Waals surface area (Å²) in [5.41, 5.74) is 1.32. The van der Waals surface area contributed by atoms with Crippen LogP contribution in [0.4, 0.5) is 0 Å². The molecule has 0 radical (unpaired) electrons. The van der Waals surface area contributed by atoms with E-state index in [1.807, 2.05) is 35.7 Å². The highest BCUT2D eigenvalue weighted by Crippen LogP contribution is 2.25. The molecule has 2 aromatic heterocycles. The topological polar surface area (TPSA) is 64.0 Å². The van der Waals surface area contributed by atoms with Crippen LogP contribution >= 0.6 is 39.0 Å². The van der Waals surface area contributed by atoms with Gasteiger partial charge in [0.2, 0.25) is 5.91 Å². The van der Waals surface area contributed by atoms with Gasteiger partial charge < -0.3 is 5.32 Å². The number of hydrogen-bond acceptors (Lipinski definition) is 5. The Morgan fingerprint density at radius 1 is 1.26 bits per heavy atom. The lowest BCUT2D eigenvalue weighted by Crippen LogP contribution is -2.34. The maximum atomic E-state index is 13.0. The Labute approximate surface area is 173 Å². The quantitative estimate of drug-likeness (QED) is 0.450. The van der Waals surface area contributed by atoms with E-state index in [2.05, 4.69) is 26.2 Å². The molecule has 140 valence electrons. The standard InChI is InChI=1S/C19H18BrN3O2S2/c20-12-5-7-14(8-6-12)23-18(25)17-15(9-10-26-17)22-19(23)27-11-16(24)21-13-3-1-2-4-13/h5-10,13H,1-4,11H2,(H,21,24). The summed E-state index contributed by atoms with van der Waals surface area (Å²) >= 11 is 6.11. The van der Waals surface area contributed by atoms with Crippen LogP contribution in [0, 0.1) is 0 Å². The smallest absolute Gasteiger partial charge is 0.276 e. The van der Waals surface area contributed by atoms with E-state index in [-0.39, 0.29) is 17.2 Å². The number of thiophene rings is 1. The van der Waals surface area contributed by atoms with Gasteiger partial charge in [0.25, 0.3) is 5.56 Å². The van der Waals surface area contributed by atoms with Gasteiger partial charge in [0.15, 0.2) is 5.16 Å². The number of fused-ring (bicyclic) bond motifs is 1. The van der Waals surface area contributed by atoms with Crippen molar-refractivity contribution in [3.63, 3.8) is 0 Å². The molecule has 2 heterocycles. The van der Waals surface area contributed by atoms with Crippen LogP contribution in [-0.4, -0.2) is 27.3 Å². The normalized spacial score (nSPS) is 14.7. The Kier molecular flexibility index (Phi) is 5.66. The molecule has 1 aromatic carbocycles. The Balaban J connectivity index is 1.64. The van der Waals surface area contributed by atoms with E-state index in [9.17, 15) is 9.59 Å². The van der Waals surface area contributed by atoms with Crippen molar-refractivity contribution < 1.29 is 4.79 Å². The van der Waals surface area contributed by atoms with Crippen LogP contribution < -0.4 is 10.9 Å². The summed E-state index contributed by atoms with van der Waals surface area (Å²) in [4.78, 5) is 30.0. The zero-order chi connectivity index (χ0) is 18.8. The molecule has 1 aliphatic rings. The lowest BCUT2D eigenvalue weighted by atomic mass is 10.2. The number of aromatic nitrogens is 2. The average molecular weight is 464 g/mol. The zero-order valence-corrected chi connectivity index (χ0v) is 17.7. The second-order valence-electron chi connectivity index (χ2n) is 6.48. The van der Waals surface area contributed by atoms with E-state index >= 15 is 0 Å². The molecule has 0 atom stereocenters. The second kappa shape index (κ2) is 8.16. The zero-order valence-electron chi connectivity index (χ0n) is 14.5. The first kappa shape index (κ1) is 18.7. The molecular formula is C19H18BrN3O2S2. The first-order valence-electron chi connectivity index (χ1n) is 8.80. The number of rotatable bonds is 5. The van der Waals surface area contributed by atoms with E-state index < -0.39 is 0 Å². The summed E-state index contributed by atoms with van der Waals surface area (Å²) in [7, 11) is 0. The maximum absolute atomic E-state index is 13.0. The Morgan fingerprint density at radius 2 is 2.00 bits per heavy atom. The van der Waals surface area contributed by atoms with Crippen LogP contribution in [0.5, 0.6) is 0 Å². The van der Waals surface area contributed by atoms with Crippen molar-refractivity contribution in [2.45, 2.75) is 36.9 Å². The number of hydrogen-bond donors (Lipinski definition) is 1. The lowest BCUT2D eigenvalue weighted by molar-refractivity contribution is -0.119. The highest BCUT2D eigenvalue weighted by atomic mass is 79.9. The van der Waals surface area contributed by atoms with Gasteiger partial charge in [0.05, 0.1) is 17.0 Å². The summed E-state index contributed by atoms with van der Waals surface area (Å²) in [6, 6.07) is 9.66. The van der Waals surface area contributed by atoms with Gasteiger partial charge >= 0.3 is 0 Å². The van der Waals surface area contributed by atoms with E-state index in [0.29, 0.717) is 21.4 Å². The minimum atomic E-state index is -0.101. The van der Waals surface area contributed by atoms with Gasteiger partial charge in [-0.1, -0.05) is 40.5 Å². The van der Waals surface area contributed by atoms with Crippen molar-refractivity contribution in [1.82, 2.24) is 14.9 Å². The van der Waals surface area contributed by atoms with Crippen molar-refractivity contribution >= 4 is 55.2 Å². The predicted molar refractivity (Wildman–Crippen MR) is 114 cm³/mol. The summed E-state index contributed by atoms with van der Waals surface area (Å²) in [6.45, 7) is 0. The van der Waals surface area contributed by atoms with Crippen molar-refractivity contribution in [1.29, 1.82) is 0 Å². The van der Waals surface area contributed by atoms with Crippen molar-refractivity contribution in [2.75, 3.05) is 5.75 Å².